The fourth-order valence-corrected chi connectivity index (χ4v) is 5.31. The van der Waals surface area contributed by atoms with Gasteiger partial charge in [0.15, 0.2) is 23.0 Å². The molecule has 0 aromatic heterocycles. The molecule has 0 spiro atoms. The number of methoxy groups -OCH3 is 1. The minimum atomic E-state index is -0.777. The van der Waals surface area contributed by atoms with Crippen molar-refractivity contribution in [1.82, 2.24) is 5.43 Å². The molecule has 14 heteroatoms. The molecule has 0 aliphatic heterocycles. The molecule has 6 rings (SSSR count). The number of nitro groups is 2. The van der Waals surface area contributed by atoms with Crippen molar-refractivity contribution in [3.8, 4) is 34.5 Å². The van der Waals surface area contributed by atoms with Gasteiger partial charge in [-0.25, -0.2) is 5.43 Å². The number of hydrogen-bond donors (Lipinski definition) is 1. The van der Waals surface area contributed by atoms with Gasteiger partial charge in [-0.1, -0.05) is 91.0 Å². The Balaban J connectivity index is 1.24. The number of nitro benzene ring substituents is 2. The van der Waals surface area contributed by atoms with E-state index >= 15 is 0 Å². The van der Waals surface area contributed by atoms with Crippen LogP contribution in [0.1, 0.15) is 32.6 Å². The van der Waals surface area contributed by atoms with E-state index in [2.05, 4.69) is 10.5 Å². The molecule has 0 saturated heterocycles. The molecule has 0 saturated carbocycles. The Morgan fingerprint density at radius 1 is 0.625 bits per heavy atom. The molecule has 14 nitrogen and oxygen atoms in total. The normalized spacial score (nSPS) is 10.7. The van der Waals surface area contributed by atoms with E-state index < -0.39 is 27.1 Å². The van der Waals surface area contributed by atoms with Crippen LogP contribution in [-0.4, -0.2) is 29.1 Å². The van der Waals surface area contributed by atoms with E-state index in [1.165, 1.54) is 25.5 Å². The Morgan fingerprint density at radius 2 is 1.16 bits per heavy atom. The molecule has 56 heavy (non-hydrogen) atoms. The number of amides is 1. The molecule has 0 aliphatic carbocycles. The Kier molecular flexibility index (Phi) is 12.4. The van der Waals surface area contributed by atoms with Crippen molar-refractivity contribution in [2.45, 2.75) is 19.8 Å². The third-order valence-corrected chi connectivity index (χ3v) is 8.12. The third kappa shape index (κ3) is 10.0. The van der Waals surface area contributed by atoms with Gasteiger partial charge in [-0.05, 0) is 58.7 Å². The Labute approximate surface area is 320 Å². The fourth-order valence-electron chi connectivity index (χ4n) is 5.31. The standard InChI is InChI=1S/C42H34N4O10/c1-52-38-21-32(17-19-37(38)56-36-20-18-34(45(48)49)24-35(36)46(50)51)25-43-44-42(47)33-22-39(53-26-29-11-5-2-6-12-29)41(55-28-31-15-9-4-10-16-31)40(23-33)54-27-30-13-7-3-8-14-30/h2-25H,26-28H2,1H3,(H,44,47)/b43-25+. The molecule has 1 amide bonds. The molecule has 6 aromatic carbocycles. The lowest BCUT2D eigenvalue weighted by Gasteiger charge is -2.19. The van der Waals surface area contributed by atoms with E-state index in [1.54, 1.807) is 18.2 Å². The summed E-state index contributed by atoms with van der Waals surface area (Å²) in [6.07, 6.45) is 1.37. The SMILES string of the molecule is COc1cc(/C=N/NC(=O)c2cc(OCc3ccccc3)c(OCc3ccccc3)c(OCc3ccccc3)c2)ccc1Oc1ccc([N+](=O)[O-])cc1[N+](=O)[O-]. The number of carbonyl (C=O) groups is 1. The third-order valence-electron chi connectivity index (χ3n) is 8.12. The van der Waals surface area contributed by atoms with Crippen molar-refractivity contribution in [3.63, 3.8) is 0 Å². The molecule has 0 unspecified atom stereocenters. The van der Waals surface area contributed by atoms with Crippen LogP contribution < -0.4 is 29.1 Å². The number of hydrogen-bond acceptors (Lipinski definition) is 11. The first-order valence-electron chi connectivity index (χ1n) is 17.1. The Hall–Kier alpha value is -7.74. The summed E-state index contributed by atoms with van der Waals surface area (Å²) in [5.41, 5.74) is 4.90. The minimum Gasteiger partial charge on any atom is -0.493 e. The van der Waals surface area contributed by atoms with Crippen LogP contribution in [0.2, 0.25) is 0 Å². The topological polar surface area (TPSA) is 174 Å². The summed E-state index contributed by atoms with van der Waals surface area (Å²) in [6.45, 7) is 0.615. The largest absolute Gasteiger partial charge is 0.493 e. The lowest BCUT2D eigenvalue weighted by Crippen LogP contribution is -2.18. The summed E-state index contributed by atoms with van der Waals surface area (Å²) in [7, 11) is 1.37. The quantitative estimate of drug-likeness (QED) is 0.0538. The van der Waals surface area contributed by atoms with Gasteiger partial charge in [0.25, 0.3) is 11.6 Å². The van der Waals surface area contributed by atoms with Crippen molar-refractivity contribution >= 4 is 23.5 Å². The van der Waals surface area contributed by atoms with Crippen molar-refractivity contribution in [3.05, 3.63) is 188 Å². The highest BCUT2D eigenvalue weighted by Crippen LogP contribution is 2.41. The van der Waals surface area contributed by atoms with Crippen LogP contribution in [0.5, 0.6) is 34.5 Å². The zero-order chi connectivity index (χ0) is 39.3. The first-order chi connectivity index (χ1) is 27.3. The number of nitrogens with one attached hydrogen (secondary N) is 1. The van der Waals surface area contributed by atoms with Gasteiger partial charge >= 0.3 is 5.69 Å². The zero-order valence-corrected chi connectivity index (χ0v) is 29.9. The lowest BCUT2D eigenvalue weighted by atomic mass is 10.1. The van der Waals surface area contributed by atoms with Crippen LogP contribution in [0.15, 0.2) is 145 Å². The summed E-state index contributed by atoms with van der Waals surface area (Å²) >= 11 is 0. The molecule has 6 aromatic rings. The van der Waals surface area contributed by atoms with Crippen LogP contribution in [0.4, 0.5) is 11.4 Å². The highest BCUT2D eigenvalue weighted by Gasteiger charge is 2.23. The first-order valence-corrected chi connectivity index (χ1v) is 17.1. The van der Waals surface area contributed by atoms with Crippen molar-refractivity contribution in [2.75, 3.05) is 7.11 Å². The van der Waals surface area contributed by atoms with Crippen molar-refractivity contribution < 1.29 is 38.3 Å². The van der Waals surface area contributed by atoms with Crippen molar-refractivity contribution in [1.29, 1.82) is 0 Å². The maximum atomic E-state index is 13.6. The summed E-state index contributed by atoms with van der Waals surface area (Å²) < 4.78 is 30.0. The smallest absolute Gasteiger partial charge is 0.318 e. The van der Waals surface area contributed by atoms with E-state index in [1.807, 2.05) is 91.0 Å². The summed E-state index contributed by atoms with van der Waals surface area (Å²) in [5, 5.41) is 26.8. The average molecular weight is 755 g/mol. The summed E-state index contributed by atoms with van der Waals surface area (Å²) in [4.78, 5) is 34.8. The van der Waals surface area contributed by atoms with Gasteiger partial charge in [0.2, 0.25) is 11.5 Å². The molecule has 0 radical (unpaired) electrons. The number of ether oxygens (including phenoxy) is 5. The number of nitrogens with zero attached hydrogens (tertiary/aromatic N) is 3. The van der Waals surface area contributed by atoms with Crippen LogP contribution in [-0.2, 0) is 19.8 Å². The zero-order valence-electron chi connectivity index (χ0n) is 29.9. The van der Waals surface area contributed by atoms with E-state index in [9.17, 15) is 25.0 Å². The van der Waals surface area contributed by atoms with Gasteiger partial charge in [-0.2, -0.15) is 5.10 Å². The monoisotopic (exact) mass is 754 g/mol. The summed E-state index contributed by atoms with van der Waals surface area (Å²) in [6, 6.07) is 39.6. The van der Waals surface area contributed by atoms with Gasteiger partial charge in [-0.3, -0.25) is 25.0 Å². The molecular formula is C42H34N4O10. The van der Waals surface area contributed by atoms with Crippen LogP contribution in [0, 0.1) is 20.2 Å². The predicted octanol–water partition coefficient (Wildman–Crippen LogP) is 8.80. The fraction of sp³-hybridized carbons (Fsp3) is 0.0952. The molecule has 0 aliphatic rings. The van der Waals surface area contributed by atoms with Gasteiger partial charge in [0.1, 0.15) is 19.8 Å². The highest BCUT2D eigenvalue weighted by molar-refractivity contribution is 5.96. The number of benzene rings is 6. The second-order valence-corrected chi connectivity index (χ2v) is 12.0. The van der Waals surface area contributed by atoms with Gasteiger partial charge in [0.05, 0.1) is 29.2 Å². The van der Waals surface area contributed by atoms with Gasteiger partial charge in [0, 0.05) is 11.6 Å². The minimum absolute atomic E-state index is 0.103. The molecule has 1 N–H and O–H groups in total. The van der Waals surface area contributed by atoms with Gasteiger partial charge in [-0.15, -0.1) is 0 Å². The maximum absolute atomic E-state index is 13.6. The highest BCUT2D eigenvalue weighted by atomic mass is 16.6. The second kappa shape index (κ2) is 18.3. The number of carbonyl (C=O) groups excluding carboxylic acids is 1. The number of hydrazone groups is 1. The molecule has 0 fully saturated rings. The molecular weight excluding hydrogens is 720 g/mol. The molecule has 0 bridgehead atoms. The van der Waals surface area contributed by atoms with E-state index in [4.69, 9.17) is 23.7 Å². The number of rotatable bonds is 17. The first kappa shape index (κ1) is 38.0. The van der Waals surface area contributed by atoms with Crippen LogP contribution >= 0.6 is 0 Å². The Bertz CT molecular complexity index is 2280. The van der Waals surface area contributed by atoms with Crippen molar-refractivity contribution in [2.24, 2.45) is 5.10 Å². The van der Waals surface area contributed by atoms with Crippen LogP contribution in [0.3, 0.4) is 0 Å². The summed E-state index contributed by atoms with van der Waals surface area (Å²) in [5.74, 6) is 0.404. The average Bonchev–Trinajstić information content (AvgIpc) is 3.23. The number of non-ortho nitro benzene ring substituents is 1. The van der Waals surface area contributed by atoms with Gasteiger partial charge < -0.3 is 23.7 Å². The predicted molar refractivity (Wildman–Crippen MR) is 207 cm³/mol. The van der Waals surface area contributed by atoms with Crippen LogP contribution in [0.25, 0.3) is 0 Å². The Morgan fingerprint density at radius 3 is 1.68 bits per heavy atom. The molecule has 0 heterocycles. The van der Waals surface area contributed by atoms with E-state index in [-0.39, 0.29) is 54.1 Å². The lowest BCUT2D eigenvalue weighted by molar-refractivity contribution is -0.394. The molecule has 282 valence electrons. The second-order valence-electron chi connectivity index (χ2n) is 12.0. The van der Waals surface area contributed by atoms with E-state index in [0.717, 1.165) is 34.9 Å². The molecule has 0 atom stereocenters. The maximum Gasteiger partial charge on any atom is 0.318 e. The van der Waals surface area contributed by atoms with E-state index in [0.29, 0.717) is 11.3 Å².